The van der Waals surface area contributed by atoms with Gasteiger partial charge in [-0.25, -0.2) is 0 Å². The largest absolute Gasteiger partial charge is 0.396 e. The molecule has 4 rings (SSSR count). The van der Waals surface area contributed by atoms with Crippen molar-refractivity contribution in [2.45, 2.75) is 37.6 Å². The van der Waals surface area contributed by atoms with Gasteiger partial charge in [0.25, 0.3) is 0 Å². The molecule has 5 nitrogen and oxygen atoms in total. The number of benzene rings is 1. The third-order valence-corrected chi connectivity index (χ3v) is 5.59. The minimum absolute atomic E-state index is 0.0154. The molecule has 2 aliphatic heterocycles. The van der Waals surface area contributed by atoms with Gasteiger partial charge >= 0.3 is 0 Å². The topological polar surface area (TPSA) is 59.0 Å². The Labute approximate surface area is 136 Å². The van der Waals surface area contributed by atoms with Crippen molar-refractivity contribution in [2.24, 2.45) is 11.8 Å². The zero-order valence-corrected chi connectivity index (χ0v) is 13.2. The lowest BCUT2D eigenvalue weighted by atomic mass is 9.90. The molecule has 5 heteroatoms. The fourth-order valence-electron chi connectivity index (χ4n) is 4.44. The van der Waals surface area contributed by atoms with Gasteiger partial charge in [-0.3, -0.25) is 4.79 Å². The third-order valence-electron chi connectivity index (χ3n) is 5.59. The fourth-order valence-corrected chi connectivity index (χ4v) is 4.44. The molecule has 2 saturated heterocycles. The summed E-state index contributed by atoms with van der Waals surface area (Å²) in [5.41, 5.74) is 1.12. The van der Waals surface area contributed by atoms with Crippen LogP contribution in [0, 0.1) is 11.8 Å². The number of rotatable bonds is 3. The Morgan fingerprint density at radius 3 is 2.65 bits per heavy atom. The second-order valence-electron chi connectivity index (χ2n) is 6.82. The van der Waals surface area contributed by atoms with Crippen molar-refractivity contribution in [1.29, 1.82) is 0 Å². The number of carbonyl (C=O) groups is 1. The number of amides is 1. The van der Waals surface area contributed by atoms with Crippen LogP contribution in [0.1, 0.15) is 24.8 Å². The highest BCUT2D eigenvalue weighted by molar-refractivity contribution is 5.82. The Bertz CT molecular complexity index is 570. The number of carbonyl (C=O) groups excluding carboxylic acids is 1. The zero-order chi connectivity index (χ0) is 15.9. The van der Waals surface area contributed by atoms with E-state index in [1.165, 1.54) is 0 Å². The van der Waals surface area contributed by atoms with E-state index < -0.39 is 5.79 Å². The maximum atomic E-state index is 12.8. The van der Waals surface area contributed by atoms with Gasteiger partial charge in [0, 0.05) is 43.9 Å². The standard InChI is InChI=1S/C18H23NO4/c20-12-15-14-6-7-18(22-8-9-23-18)10-16(15)19(17(14)21)11-13-4-2-1-3-5-13/h1-5,14-16,20H,6-12H2/t14-,15+,16+/m0/s1. The lowest BCUT2D eigenvalue weighted by molar-refractivity contribution is -0.179. The zero-order valence-electron chi connectivity index (χ0n) is 13.2. The van der Waals surface area contributed by atoms with Crippen LogP contribution < -0.4 is 0 Å². The van der Waals surface area contributed by atoms with Gasteiger partial charge in [0.1, 0.15) is 0 Å². The SMILES string of the molecule is O=C1[C@H]2CCC3(C[C@H]([C@@H]2CO)N1Cc1ccccc1)OCCO3. The molecular weight excluding hydrogens is 294 g/mol. The Kier molecular flexibility index (Phi) is 3.87. The first-order valence-corrected chi connectivity index (χ1v) is 8.46. The highest BCUT2D eigenvalue weighted by Gasteiger charge is 2.55. The molecule has 3 aliphatic rings. The fraction of sp³-hybridized carbons (Fsp3) is 0.611. The van der Waals surface area contributed by atoms with Crippen molar-refractivity contribution in [3.63, 3.8) is 0 Å². The van der Waals surface area contributed by atoms with Crippen LogP contribution in [0.2, 0.25) is 0 Å². The Balaban J connectivity index is 1.62. The molecule has 124 valence electrons. The van der Waals surface area contributed by atoms with Crippen LogP contribution in [0.3, 0.4) is 0 Å². The highest BCUT2D eigenvalue weighted by Crippen LogP contribution is 2.46. The van der Waals surface area contributed by atoms with E-state index in [-0.39, 0.29) is 30.4 Å². The molecule has 1 N–H and O–H groups in total. The van der Waals surface area contributed by atoms with E-state index in [2.05, 4.69) is 0 Å². The first kappa shape index (κ1) is 15.1. The monoisotopic (exact) mass is 317 g/mol. The van der Waals surface area contributed by atoms with Crippen molar-refractivity contribution < 1.29 is 19.4 Å². The van der Waals surface area contributed by atoms with E-state index >= 15 is 0 Å². The summed E-state index contributed by atoms with van der Waals surface area (Å²) >= 11 is 0. The highest BCUT2D eigenvalue weighted by atomic mass is 16.7. The molecule has 23 heavy (non-hydrogen) atoms. The van der Waals surface area contributed by atoms with E-state index in [4.69, 9.17) is 9.47 Å². The summed E-state index contributed by atoms with van der Waals surface area (Å²) in [6.45, 7) is 1.87. The van der Waals surface area contributed by atoms with Crippen LogP contribution in [0.5, 0.6) is 0 Å². The number of ether oxygens (including phenoxy) is 2. The Morgan fingerprint density at radius 1 is 1.22 bits per heavy atom. The summed E-state index contributed by atoms with van der Waals surface area (Å²) in [6, 6.07) is 10.0. The van der Waals surface area contributed by atoms with E-state index in [0.29, 0.717) is 26.2 Å². The molecule has 0 unspecified atom stereocenters. The van der Waals surface area contributed by atoms with Gasteiger partial charge in [-0.15, -0.1) is 0 Å². The number of aliphatic hydroxyl groups is 1. The van der Waals surface area contributed by atoms with Crippen LogP contribution in [0.4, 0.5) is 0 Å². The normalized spacial score (nSPS) is 32.5. The molecule has 1 aliphatic carbocycles. The molecule has 2 bridgehead atoms. The predicted octanol–water partition coefficient (Wildman–Crippen LogP) is 1.55. The maximum absolute atomic E-state index is 12.8. The van der Waals surface area contributed by atoms with E-state index in [0.717, 1.165) is 18.4 Å². The Hall–Kier alpha value is -1.43. The minimum Gasteiger partial charge on any atom is -0.396 e. The molecule has 1 spiro atoms. The van der Waals surface area contributed by atoms with Gasteiger partial charge in [-0.1, -0.05) is 30.3 Å². The molecule has 3 atom stereocenters. The summed E-state index contributed by atoms with van der Waals surface area (Å²) < 4.78 is 11.8. The number of aliphatic hydroxyl groups excluding tert-OH is 1. The second kappa shape index (κ2) is 5.89. The number of likely N-dealkylation sites (tertiary alicyclic amines) is 1. The summed E-state index contributed by atoms with van der Waals surface area (Å²) in [5, 5.41) is 9.87. The van der Waals surface area contributed by atoms with Gasteiger partial charge in [-0.2, -0.15) is 0 Å². The first-order valence-electron chi connectivity index (χ1n) is 8.46. The van der Waals surface area contributed by atoms with Crippen LogP contribution >= 0.6 is 0 Å². The number of nitrogens with zero attached hydrogens (tertiary/aromatic N) is 1. The smallest absolute Gasteiger partial charge is 0.226 e. The van der Waals surface area contributed by atoms with Crippen molar-refractivity contribution in [3.8, 4) is 0 Å². The van der Waals surface area contributed by atoms with E-state index in [9.17, 15) is 9.90 Å². The summed E-state index contributed by atoms with van der Waals surface area (Å²) in [5.74, 6) is -0.507. The average Bonchev–Trinajstić information content (AvgIpc) is 3.07. The molecule has 1 amide bonds. The number of hydrogen-bond acceptors (Lipinski definition) is 4. The van der Waals surface area contributed by atoms with Crippen molar-refractivity contribution in [1.82, 2.24) is 4.90 Å². The lowest BCUT2D eigenvalue weighted by Crippen LogP contribution is -2.44. The van der Waals surface area contributed by atoms with Gasteiger partial charge in [0.05, 0.1) is 13.2 Å². The molecule has 1 saturated carbocycles. The molecule has 3 fully saturated rings. The van der Waals surface area contributed by atoms with Gasteiger partial charge in [0.2, 0.25) is 5.91 Å². The molecule has 1 aromatic carbocycles. The van der Waals surface area contributed by atoms with Crippen LogP contribution in [-0.2, 0) is 20.8 Å². The van der Waals surface area contributed by atoms with E-state index in [1.807, 2.05) is 35.2 Å². The van der Waals surface area contributed by atoms with Crippen LogP contribution in [-0.4, -0.2) is 47.6 Å². The molecule has 2 heterocycles. The van der Waals surface area contributed by atoms with E-state index in [1.54, 1.807) is 0 Å². The maximum Gasteiger partial charge on any atom is 0.226 e. The van der Waals surface area contributed by atoms with Crippen LogP contribution in [0.25, 0.3) is 0 Å². The summed E-state index contributed by atoms with van der Waals surface area (Å²) in [4.78, 5) is 14.8. The van der Waals surface area contributed by atoms with Crippen molar-refractivity contribution in [3.05, 3.63) is 35.9 Å². The van der Waals surface area contributed by atoms with Gasteiger partial charge < -0.3 is 19.5 Å². The van der Waals surface area contributed by atoms with Gasteiger partial charge in [0.15, 0.2) is 5.79 Å². The molecule has 0 radical (unpaired) electrons. The lowest BCUT2D eigenvalue weighted by Gasteiger charge is -2.35. The van der Waals surface area contributed by atoms with Crippen LogP contribution in [0.15, 0.2) is 30.3 Å². The van der Waals surface area contributed by atoms with Crippen molar-refractivity contribution in [2.75, 3.05) is 19.8 Å². The first-order chi connectivity index (χ1) is 11.2. The Morgan fingerprint density at radius 2 is 1.96 bits per heavy atom. The second-order valence-corrected chi connectivity index (χ2v) is 6.82. The summed E-state index contributed by atoms with van der Waals surface area (Å²) in [7, 11) is 0. The number of hydrogen-bond donors (Lipinski definition) is 1. The minimum atomic E-state index is -0.553. The third kappa shape index (κ3) is 2.57. The molecular formula is C18H23NO4. The predicted molar refractivity (Wildman–Crippen MR) is 83.3 cm³/mol. The average molecular weight is 317 g/mol. The quantitative estimate of drug-likeness (QED) is 0.919. The summed E-state index contributed by atoms with van der Waals surface area (Å²) in [6.07, 6.45) is 2.13. The molecule has 1 aromatic rings. The molecule has 0 aromatic heterocycles. The number of fused-ring (bicyclic) bond motifs is 2. The van der Waals surface area contributed by atoms with Crippen molar-refractivity contribution >= 4 is 5.91 Å². The van der Waals surface area contributed by atoms with Gasteiger partial charge in [-0.05, 0) is 12.0 Å².